The number of nitrogens with one attached hydrogen (secondary N) is 2. The van der Waals surface area contributed by atoms with Crippen LogP contribution in [0.5, 0.6) is 0 Å². The fraction of sp³-hybridized carbons (Fsp3) is 0.471. The van der Waals surface area contributed by atoms with Gasteiger partial charge in [-0.05, 0) is 44.9 Å². The molecule has 0 bridgehead atoms. The highest BCUT2D eigenvalue weighted by Crippen LogP contribution is 2.25. The first-order valence-corrected chi connectivity index (χ1v) is 7.73. The quantitative estimate of drug-likeness (QED) is 0.725. The highest BCUT2D eigenvalue weighted by molar-refractivity contribution is 5.92. The summed E-state index contributed by atoms with van der Waals surface area (Å²) in [5, 5.41) is 14.4. The average Bonchev–Trinajstić information content (AvgIpc) is 2.77. The number of alkyl carbamates (subject to hydrolysis) is 1. The number of nitriles is 1. The summed E-state index contributed by atoms with van der Waals surface area (Å²) >= 11 is 0. The molecule has 1 aliphatic heterocycles. The van der Waals surface area contributed by atoms with E-state index in [2.05, 4.69) is 10.6 Å². The van der Waals surface area contributed by atoms with Crippen molar-refractivity contribution in [3.63, 3.8) is 0 Å². The van der Waals surface area contributed by atoms with Crippen LogP contribution in [0.4, 0.5) is 10.5 Å². The van der Waals surface area contributed by atoms with Gasteiger partial charge in [0.15, 0.2) is 0 Å². The van der Waals surface area contributed by atoms with Gasteiger partial charge >= 0.3 is 6.09 Å². The third kappa shape index (κ3) is 3.96. The second-order valence-corrected chi connectivity index (χ2v) is 6.93. The molecule has 4 N–H and O–H groups in total. The van der Waals surface area contributed by atoms with Crippen LogP contribution in [0.25, 0.3) is 0 Å². The molecule has 0 aliphatic carbocycles. The molecule has 1 aliphatic rings. The van der Waals surface area contributed by atoms with Gasteiger partial charge in [-0.15, -0.1) is 0 Å². The summed E-state index contributed by atoms with van der Waals surface area (Å²) < 4.78 is 5.27. The SMILES string of the molecule is CC(C)(C)OC(=O)N[C@]1(Cc2ccc(C#N)c(N)c2)CCNC1=O. The van der Waals surface area contributed by atoms with Crippen LogP contribution < -0.4 is 16.4 Å². The van der Waals surface area contributed by atoms with Crippen molar-refractivity contribution in [3.8, 4) is 6.07 Å². The summed E-state index contributed by atoms with van der Waals surface area (Å²) in [5.41, 5.74) is 5.59. The number of ether oxygens (including phenoxy) is 1. The number of nitrogens with two attached hydrogens (primary N) is 1. The summed E-state index contributed by atoms with van der Waals surface area (Å²) in [6.07, 6.45) is 0.0834. The second kappa shape index (κ2) is 6.40. The van der Waals surface area contributed by atoms with Crippen molar-refractivity contribution in [1.29, 1.82) is 5.26 Å². The lowest BCUT2D eigenvalue weighted by Crippen LogP contribution is -2.56. The molecule has 7 nitrogen and oxygen atoms in total. The van der Waals surface area contributed by atoms with Crippen LogP contribution in [0.3, 0.4) is 0 Å². The minimum atomic E-state index is -1.08. The molecule has 1 fully saturated rings. The fourth-order valence-electron chi connectivity index (χ4n) is 2.68. The van der Waals surface area contributed by atoms with Gasteiger partial charge in [-0.2, -0.15) is 5.26 Å². The Morgan fingerprint density at radius 3 is 2.71 bits per heavy atom. The van der Waals surface area contributed by atoms with Gasteiger partial charge in [-0.25, -0.2) is 4.79 Å². The minimum Gasteiger partial charge on any atom is -0.444 e. The predicted molar refractivity (Wildman–Crippen MR) is 89.0 cm³/mol. The van der Waals surface area contributed by atoms with Crippen molar-refractivity contribution in [2.24, 2.45) is 0 Å². The Kier molecular flexibility index (Phi) is 4.69. The summed E-state index contributed by atoms with van der Waals surface area (Å²) in [7, 11) is 0. The molecule has 24 heavy (non-hydrogen) atoms. The van der Waals surface area contributed by atoms with Crippen molar-refractivity contribution in [1.82, 2.24) is 10.6 Å². The minimum absolute atomic E-state index is 0.253. The van der Waals surface area contributed by atoms with E-state index < -0.39 is 17.2 Å². The van der Waals surface area contributed by atoms with E-state index >= 15 is 0 Å². The maximum absolute atomic E-state index is 12.3. The first-order valence-electron chi connectivity index (χ1n) is 7.73. The molecule has 1 atom stereocenters. The Morgan fingerprint density at radius 2 is 2.21 bits per heavy atom. The fourth-order valence-corrected chi connectivity index (χ4v) is 2.68. The third-order valence-electron chi connectivity index (χ3n) is 3.75. The van der Waals surface area contributed by atoms with Crippen LogP contribution in [-0.2, 0) is 16.0 Å². The molecule has 0 spiro atoms. The van der Waals surface area contributed by atoms with E-state index in [1.807, 2.05) is 6.07 Å². The molecule has 2 rings (SSSR count). The van der Waals surface area contributed by atoms with Crippen LogP contribution in [0.15, 0.2) is 18.2 Å². The molecule has 128 valence electrons. The molecular weight excluding hydrogens is 308 g/mol. The number of carbonyl (C=O) groups is 2. The van der Waals surface area contributed by atoms with E-state index in [0.717, 1.165) is 5.56 Å². The van der Waals surface area contributed by atoms with Crippen molar-refractivity contribution < 1.29 is 14.3 Å². The maximum atomic E-state index is 12.3. The number of hydrogen-bond donors (Lipinski definition) is 3. The summed E-state index contributed by atoms with van der Waals surface area (Å²) in [5.74, 6) is -0.253. The molecule has 7 heteroatoms. The Balaban J connectivity index is 2.23. The lowest BCUT2D eigenvalue weighted by Gasteiger charge is -2.29. The van der Waals surface area contributed by atoms with Gasteiger partial charge in [0, 0.05) is 18.7 Å². The highest BCUT2D eigenvalue weighted by atomic mass is 16.6. The van der Waals surface area contributed by atoms with E-state index in [9.17, 15) is 9.59 Å². The maximum Gasteiger partial charge on any atom is 0.408 e. The van der Waals surface area contributed by atoms with Crippen molar-refractivity contribution >= 4 is 17.7 Å². The highest BCUT2D eigenvalue weighted by Gasteiger charge is 2.44. The first-order chi connectivity index (χ1) is 11.1. The van der Waals surface area contributed by atoms with Gasteiger partial charge in [0.2, 0.25) is 5.91 Å². The summed E-state index contributed by atoms with van der Waals surface area (Å²) in [6.45, 7) is 5.75. The lowest BCUT2D eigenvalue weighted by molar-refractivity contribution is -0.124. The number of nitrogens with zero attached hydrogens (tertiary/aromatic N) is 1. The predicted octanol–water partition coefficient (Wildman–Crippen LogP) is 1.47. The van der Waals surface area contributed by atoms with Gasteiger partial charge in [0.25, 0.3) is 0 Å². The summed E-state index contributed by atoms with van der Waals surface area (Å²) in [6, 6.07) is 7.00. The molecule has 1 heterocycles. The van der Waals surface area contributed by atoms with Crippen molar-refractivity contribution in [2.45, 2.75) is 44.8 Å². The first kappa shape index (κ1) is 17.6. The van der Waals surface area contributed by atoms with E-state index in [4.69, 9.17) is 15.7 Å². The molecule has 0 radical (unpaired) electrons. The molecule has 1 aromatic rings. The number of rotatable bonds is 3. The zero-order valence-corrected chi connectivity index (χ0v) is 14.1. The Labute approximate surface area is 141 Å². The molecule has 0 saturated carbocycles. The number of amides is 2. The van der Waals surface area contributed by atoms with Crippen LogP contribution >= 0.6 is 0 Å². The van der Waals surface area contributed by atoms with Gasteiger partial charge in [0.1, 0.15) is 17.2 Å². The largest absolute Gasteiger partial charge is 0.444 e. The van der Waals surface area contributed by atoms with Gasteiger partial charge in [-0.3, -0.25) is 4.79 Å². The average molecular weight is 330 g/mol. The van der Waals surface area contributed by atoms with Gasteiger partial charge < -0.3 is 21.1 Å². The second-order valence-electron chi connectivity index (χ2n) is 6.93. The Bertz CT molecular complexity index is 703. The third-order valence-corrected chi connectivity index (χ3v) is 3.75. The normalized spacial score (nSPS) is 20.2. The molecule has 2 amide bonds. The molecule has 1 aromatic carbocycles. The van der Waals surface area contributed by atoms with Crippen LogP contribution in [0.1, 0.15) is 38.3 Å². The van der Waals surface area contributed by atoms with Crippen LogP contribution in [-0.4, -0.2) is 29.7 Å². The Hall–Kier alpha value is -2.75. The monoisotopic (exact) mass is 330 g/mol. The number of carbonyl (C=O) groups excluding carboxylic acids is 2. The number of benzene rings is 1. The molecule has 0 aromatic heterocycles. The lowest BCUT2D eigenvalue weighted by atomic mass is 9.88. The number of hydrogen-bond acceptors (Lipinski definition) is 5. The van der Waals surface area contributed by atoms with E-state index in [0.29, 0.717) is 24.2 Å². The van der Waals surface area contributed by atoms with E-state index in [1.54, 1.807) is 39.0 Å². The van der Waals surface area contributed by atoms with Gasteiger partial charge in [-0.1, -0.05) is 6.07 Å². The molecule has 1 saturated heterocycles. The number of nitrogen functional groups attached to an aromatic ring is 1. The summed E-state index contributed by atoms with van der Waals surface area (Å²) in [4.78, 5) is 24.5. The van der Waals surface area contributed by atoms with Crippen molar-refractivity contribution in [3.05, 3.63) is 29.3 Å². The van der Waals surface area contributed by atoms with Crippen molar-refractivity contribution in [2.75, 3.05) is 12.3 Å². The van der Waals surface area contributed by atoms with E-state index in [-0.39, 0.29) is 12.3 Å². The molecule has 0 unspecified atom stereocenters. The zero-order valence-electron chi connectivity index (χ0n) is 14.1. The topological polar surface area (TPSA) is 117 Å². The number of anilines is 1. The zero-order chi connectivity index (χ0) is 18.0. The standard InChI is InChI=1S/C17H22N4O3/c1-16(2,3)24-15(23)21-17(6-7-20-14(17)22)9-11-4-5-12(10-18)13(19)8-11/h4-5,8H,6-7,9,19H2,1-3H3,(H,20,22)(H,21,23)/t17-/m0/s1. The molecular formula is C17H22N4O3. The Morgan fingerprint density at radius 1 is 1.50 bits per heavy atom. The van der Waals surface area contributed by atoms with Crippen LogP contribution in [0.2, 0.25) is 0 Å². The van der Waals surface area contributed by atoms with Crippen LogP contribution in [0, 0.1) is 11.3 Å². The van der Waals surface area contributed by atoms with Gasteiger partial charge in [0.05, 0.1) is 5.56 Å². The van der Waals surface area contributed by atoms with E-state index in [1.165, 1.54) is 0 Å². The smallest absolute Gasteiger partial charge is 0.408 e.